The first-order valence-electron chi connectivity index (χ1n) is 6.19. The smallest absolute Gasteiger partial charge is 0.338 e. The van der Waals surface area contributed by atoms with Crippen molar-refractivity contribution in [1.29, 1.82) is 0 Å². The van der Waals surface area contributed by atoms with Gasteiger partial charge in [-0.1, -0.05) is 23.8 Å². The number of rotatable bonds is 4. The predicted molar refractivity (Wildman–Crippen MR) is 73.6 cm³/mol. The molecule has 0 spiro atoms. The molecule has 0 saturated heterocycles. The summed E-state index contributed by atoms with van der Waals surface area (Å²) < 4.78 is 19.1. The van der Waals surface area contributed by atoms with Crippen molar-refractivity contribution >= 4 is 5.97 Å². The normalized spacial score (nSPS) is 10.3. The Morgan fingerprint density at radius 1 is 1.20 bits per heavy atom. The van der Waals surface area contributed by atoms with E-state index in [0.717, 1.165) is 16.9 Å². The van der Waals surface area contributed by atoms with Crippen molar-refractivity contribution in [3.63, 3.8) is 0 Å². The van der Waals surface area contributed by atoms with E-state index in [2.05, 4.69) is 0 Å². The number of hydrogen-bond donors (Lipinski definition) is 1. The van der Waals surface area contributed by atoms with Gasteiger partial charge in [0, 0.05) is 0 Å². The summed E-state index contributed by atoms with van der Waals surface area (Å²) in [5, 5.41) is 8.76. The van der Waals surface area contributed by atoms with Gasteiger partial charge < -0.3 is 9.84 Å². The number of carbonyl (C=O) groups is 1. The van der Waals surface area contributed by atoms with Crippen LogP contribution in [-0.4, -0.2) is 11.1 Å². The van der Waals surface area contributed by atoms with E-state index in [0.29, 0.717) is 5.56 Å². The van der Waals surface area contributed by atoms with Crippen molar-refractivity contribution in [3.8, 4) is 5.75 Å². The molecule has 0 amide bonds. The second-order valence-corrected chi connectivity index (χ2v) is 4.68. The van der Waals surface area contributed by atoms with Gasteiger partial charge in [0.1, 0.15) is 18.2 Å². The van der Waals surface area contributed by atoms with E-state index in [1.807, 2.05) is 32.0 Å². The highest BCUT2D eigenvalue weighted by Crippen LogP contribution is 2.20. The molecule has 20 heavy (non-hydrogen) atoms. The third kappa shape index (κ3) is 3.15. The molecule has 2 aromatic rings. The zero-order valence-electron chi connectivity index (χ0n) is 11.3. The van der Waals surface area contributed by atoms with Crippen LogP contribution < -0.4 is 4.74 Å². The van der Waals surface area contributed by atoms with Gasteiger partial charge in [0.15, 0.2) is 0 Å². The van der Waals surface area contributed by atoms with E-state index in [1.165, 1.54) is 12.1 Å². The van der Waals surface area contributed by atoms with Crippen LogP contribution in [0.4, 0.5) is 4.39 Å². The van der Waals surface area contributed by atoms with Gasteiger partial charge in [0.25, 0.3) is 0 Å². The molecule has 3 nitrogen and oxygen atoms in total. The summed E-state index contributed by atoms with van der Waals surface area (Å²) in [6.07, 6.45) is 0. The first-order chi connectivity index (χ1) is 9.47. The molecule has 0 heterocycles. The van der Waals surface area contributed by atoms with Crippen LogP contribution >= 0.6 is 0 Å². The molecular weight excluding hydrogens is 259 g/mol. The Bertz CT molecular complexity index is 650. The molecular formula is C16H15FO3. The van der Waals surface area contributed by atoms with Crippen LogP contribution in [0.2, 0.25) is 0 Å². The molecule has 0 unspecified atom stereocenters. The van der Waals surface area contributed by atoms with Crippen LogP contribution in [0, 0.1) is 19.7 Å². The van der Waals surface area contributed by atoms with Crippen molar-refractivity contribution in [1.82, 2.24) is 0 Å². The van der Waals surface area contributed by atoms with Gasteiger partial charge >= 0.3 is 5.97 Å². The Balaban J connectivity index is 2.11. The summed E-state index contributed by atoms with van der Waals surface area (Å²) in [7, 11) is 0. The summed E-state index contributed by atoms with van der Waals surface area (Å²) in [6, 6.07) is 9.80. The maximum absolute atomic E-state index is 13.5. The van der Waals surface area contributed by atoms with E-state index in [-0.39, 0.29) is 12.2 Å². The molecule has 4 heteroatoms. The minimum atomic E-state index is -1.27. The van der Waals surface area contributed by atoms with Crippen LogP contribution in [0.15, 0.2) is 36.4 Å². The van der Waals surface area contributed by atoms with Crippen molar-refractivity contribution in [3.05, 3.63) is 64.5 Å². The third-order valence-electron chi connectivity index (χ3n) is 2.99. The van der Waals surface area contributed by atoms with Crippen molar-refractivity contribution < 1.29 is 19.0 Å². The average Bonchev–Trinajstić information content (AvgIpc) is 2.37. The van der Waals surface area contributed by atoms with Gasteiger partial charge in [-0.25, -0.2) is 9.18 Å². The Labute approximate surface area is 116 Å². The van der Waals surface area contributed by atoms with Gasteiger partial charge in [0.05, 0.1) is 5.56 Å². The summed E-state index contributed by atoms with van der Waals surface area (Å²) in [6.45, 7) is 4.13. The van der Waals surface area contributed by atoms with E-state index in [1.54, 1.807) is 6.07 Å². The fourth-order valence-electron chi connectivity index (χ4n) is 1.94. The van der Waals surface area contributed by atoms with Gasteiger partial charge in [-0.2, -0.15) is 0 Å². The number of ether oxygens (including phenoxy) is 1. The molecule has 0 fully saturated rings. The number of carboxylic acid groups (broad SMARTS) is 1. The summed E-state index contributed by atoms with van der Waals surface area (Å²) in [4.78, 5) is 10.7. The lowest BCUT2D eigenvalue weighted by atomic mass is 10.1. The van der Waals surface area contributed by atoms with E-state index in [9.17, 15) is 9.18 Å². The molecule has 0 aliphatic carbocycles. The van der Waals surface area contributed by atoms with Crippen LogP contribution in [0.1, 0.15) is 27.0 Å². The maximum Gasteiger partial charge on any atom is 0.338 e. The van der Waals surface area contributed by atoms with Crippen LogP contribution in [0.25, 0.3) is 0 Å². The fourth-order valence-corrected chi connectivity index (χ4v) is 1.94. The highest BCUT2D eigenvalue weighted by atomic mass is 19.1. The number of carboxylic acids is 1. The third-order valence-corrected chi connectivity index (χ3v) is 2.99. The molecule has 0 aliphatic rings. The summed E-state index contributed by atoms with van der Waals surface area (Å²) in [5.74, 6) is -1.29. The highest BCUT2D eigenvalue weighted by molar-refractivity contribution is 5.87. The first kappa shape index (κ1) is 14.1. The summed E-state index contributed by atoms with van der Waals surface area (Å²) >= 11 is 0. The van der Waals surface area contributed by atoms with Gasteiger partial charge in [0.2, 0.25) is 0 Å². The lowest BCUT2D eigenvalue weighted by Crippen LogP contribution is -2.03. The molecule has 0 aromatic heterocycles. The Kier molecular flexibility index (Phi) is 4.03. The quantitative estimate of drug-likeness (QED) is 0.924. The number of halogens is 1. The van der Waals surface area contributed by atoms with E-state index >= 15 is 0 Å². The summed E-state index contributed by atoms with van der Waals surface area (Å²) in [5.41, 5.74) is 2.41. The Hall–Kier alpha value is -2.36. The van der Waals surface area contributed by atoms with Crippen molar-refractivity contribution in [2.75, 3.05) is 0 Å². The second kappa shape index (κ2) is 5.74. The lowest BCUT2D eigenvalue weighted by Gasteiger charge is -2.10. The Morgan fingerprint density at radius 3 is 2.55 bits per heavy atom. The SMILES string of the molecule is Cc1ccc(OCc2ccc(C(=O)O)c(F)c2)c(C)c1. The number of aryl methyl sites for hydroxylation is 2. The Morgan fingerprint density at radius 2 is 1.95 bits per heavy atom. The number of aromatic carboxylic acids is 1. The van der Waals surface area contributed by atoms with Gasteiger partial charge in [-0.15, -0.1) is 0 Å². The molecule has 2 rings (SSSR count). The van der Waals surface area contributed by atoms with Crippen molar-refractivity contribution in [2.45, 2.75) is 20.5 Å². The van der Waals surface area contributed by atoms with Crippen LogP contribution in [0.3, 0.4) is 0 Å². The highest BCUT2D eigenvalue weighted by Gasteiger charge is 2.10. The standard InChI is InChI=1S/C16H15FO3/c1-10-3-6-15(11(2)7-10)20-9-12-4-5-13(16(18)19)14(17)8-12/h3-8H,9H2,1-2H3,(H,18,19). The minimum Gasteiger partial charge on any atom is -0.489 e. The number of benzene rings is 2. The van der Waals surface area contributed by atoms with Gasteiger partial charge in [-0.05, 0) is 43.2 Å². The number of hydrogen-bond acceptors (Lipinski definition) is 2. The predicted octanol–water partition coefficient (Wildman–Crippen LogP) is 3.72. The zero-order valence-corrected chi connectivity index (χ0v) is 11.3. The second-order valence-electron chi connectivity index (χ2n) is 4.68. The largest absolute Gasteiger partial charge is 0.489 e. The molecule has 0 aliphatic heterocycles. The molecule has 1 N–H and O–H groups in total. The monoisotopic (exact) mass is 274 g/mol. The zero-order chi connectivity index (χ0) is 14.7. The van der Waals surface area contributed by atoms with Gasteiger partial charge in [-0.3, -0.25) is 0 Å². The molecule has 2 aromatic carbocycles. The molecule has 104 valence electrons. The molecule has 0 atom stereocenters. The van der Waals surface area contributed by atoms with E-state index < -0.39 is 11.8 Å². The van der Waals surface area contributed by atoms with Crippen LogP contribution in [0.5, 0.6) is 5.75 Å². The molecule has 0 saturated carbocycles. The van der Waals surface area contributed by atoms with Crippen molar-refractivity contribution in [2.24, 2.45) is 0 Å². The van der Waals surface area contributed by atoms with E-state index in [4.69, 9.17) is 9.84 Å². The first-order valence-corrected chi connectivity index (χ1v) is 6.19. The molecule has 0 bridgehead atoms. The fraction of sp³-hybridized carbons (Fsp3) is 0.188. The molecule has 0 radical (unpaired) electrons. The van der Waals surface area contributed by atoms with Crippen LogP contribution in [-0.2, 0) is 6.61 Å². The lowest BCUT2D eigenvalue weighted by molar-refractivity contribution is 0.0692. The minimum absolute atomic E-state index is 0.195. The topological polar surface area (TPSA) is 46.5 Å². The maximum atomic E-state index is 13.5. The average molecular weight is 274 g/mol.